The number of nitrogens with one attached hydrogen (secondary N) is 1. The van der Waals surface area contributed by atoms with Crippen molar-refractivity contribution >= 4 is 11.7 Å². The number of amides is 1. The highest BCUT2D eigenvalue weighted by Crippen LogP contribution is 2.26. The minimum atomic E-state index is -0.109. The number of nitrogen functional groups attached to an aromatic ring is 1. The Hall–Kier alpha value is -1.66. The van der Waals surface area contributed by atoms with Crippen molar-refractivity contribution in [1.82, 2.24) is 9.88 Å². The van der Waals surface area contributed by atoms with Crippen LogP contribution in [0.1, 0.15) is 49.2 Å². The molecule has 21 heavy (non-hydrogen) atoms. The molecule has 2 rings (SSSR count). The van der Waals surface area contributed by atoms with Gasteiger partial charge in [-0.05, 0) is 30.4 Å². The van der Waals surface area contributed by atoms with E-state index in [2.05, 4.69) is 17.3 Å². The van der Waals surface area contributed by atoms with E-state index in [0.29, 0.717) is 23.8 Å². The Kier molecular flexibility index (Phi) is 4.80. The highest BCUT2D eigenvalue weighted by Gasteiger charge is 2.34. The third-order valence-electron chi connectivity index (χ3n) is 4.16. The molecular formula is C15H24N4O2. The minimum absolute atomic E-state index is 0.00295. The first-order chi connectivity index (χ1) is 9.97. The molecule has 0 aliphatic carbocycles. The van der Waals surface area contributed by atoms with E-state index >= 15 is 0 Å². The summed E-state index contributed by atoms with van der Waals surface area (Å²) in [5.41, 5.74) is 3.90. The van der Waals surface area contributed by atoms with Crippen LogP contribution in [0.3, 0.4) is 0 Å². The van der Waals surface area contributed by atoms with Gasteiger partial charge in [0.25, 0.3) is 5.91 Å². The van der Waals surface area contributed by atoms with E-state index in [4.69, 9.17) is 5.84 Å². The monoisotopic (exact) mass is 292 g/mol. The number of nitrogens with two attached hydrogens (primary N) is 1. The van der Waals surface area contributed by atoms with Crippen molar-refractivity contribution in [3.63, 3.8) is 0 Å². The highest BCUT2D eigenvalue weighted by atomic mass is 16.3. The summed E-state index contributed by atoms with van der Waals surface area (Å²) in [4.78, 5) is 18.8. The smallest absolute Gasteiger partial charge is 0.254 e. The zero-order valence-corrected chi connectivity index (χ0v) is 12.8. The summed E-state index contributed by atoms with van der Waals surface area (Å²) in [6.07, 6.45) is 0.918. The lowest BCUT2D eigenvalue weighted by molar-refractivity contribution is 0.0648. The molecule has 0 bridgehead atoms. The SMILES string of the molecule is CC(C)c1cc(C(=O)N2CCC(C)C2CO)cc(NN)n1. The van der Waals surface area contributed by atoms with Crippen LogP contribution in [-0.4, -0.2) is 40.1 Å². The molecule has 0 saturated carbocycles. The second kappa shape index (κ2) is 6.41. The number of pyridine rings is 1. The zero-order valence-electron chi connectivity index (χ0n) is 12.8. The molecule has 2 unspecified atom stereocenters. The van der Waals surface area contributed by atoms with E-state index in [9.17, 15) is 9.90 Å². The molecule has 6 nitrogen and oxygen atoms in total. The number of anilines is 1. The molecule has 1 amide bonds. The van der Waals surface area contributed by atoms with Gasteiger partial charge in [0.2, 0.25) is 0 Å². The van der Waals surface area contributed by atoms with Gasteiger partial charge in [0, 0.05) is 17.8 Å². The summed E-state index contributed by atoms with van der Waals surface area (Å²) in [6, 6.07) is 3.36. The Morgan fingerprint density at radius 2 is 2.29 bits per heavy atom. The number of likely N-dealkylation sites (tertiary alicyclic amines) is 1. The molecule has 4 N–H and O–H groups in total. The second-order valence-electron chi connectivity index (χ2n) is 5.98. The number of rotatable bonds is 4. The Bertz CT molecular complexity index is 518. The Labute approximate surface area is 125 Å². The van der Waals surface area contributed by atoms with Gasteiger partial charge in [0.05, 0.1) is 12.6 Å². The number of hydrazine groups is 1. The van der Waals surface area contributed by atoms with Gasteiger partial charge in [-0.2, -0.15) is 0 Å². The molecule has 2 heterocycles. The molecule has 0 aromatic carbocycles. The summed E-state index contributed by atoms with van der Waals surface area (Å²) >= 11 is 0. The number of nitrogens with zero attached hydrogens (tertiary/aromatic N) is 2. The van der Waals surface area contributed by atoms with Crippen LogP contribution in [-0.2, 0) is 0 Å². The van der Waals surface area contributed by atoms with Crippen LogP contribution in [0.15, 0.2) is 12.1 Å². The molecule has 1 aromatic rings. The van der Waals surface area contributed by atoms with Crippen LogP contribution < -0.4 is 11.3 Å². The van der Waals surface area contributed by atoms with Crippen LogP contribution in [0, 0.1) is 5.92 Å². The average Bonchev–Trinajstić information content (AvgIpc) is 2.86. The van der Waals surface area contributed by atoms with E-state index in [-0.39, 0.29) is 24.5 Å². The summed E-state index contributed by atoms with van der Waals surface area (Å²) in [6.45, 7) is 6.77. The molecule has 1 saturated heterocycles. The highest BCUT2D eigenvalue weighted by molar-refractivity contribution is 5.95. The summed E-state index contributed by atoms with van der Waals surface area (Å²) in [5, 5.41) is 9.51. The Morgan fingerprint density at radius 3 is 2.86 bits per heavy atom. The maximum Gasteiger partial charge on any atom is 0.254 e. The number of hydrogen-bond donors (Lipinski definition) is 3. The van der Waals surface area contributed by atoms with E-state index in [1.54, 1.807) is 11.0 Å². The summed E-state index contributed by atoms with van der Waals surface area (Å²) in [7, 11) is 0. The molecule has 1 aliphatic rings. The van der Waals surface area contributed by atoms with E-state index < -0.39 is 0 Å². The molecule has 0 spiro atoms. The molecule has 116 valence electrons. The average molecular weight is 292 g/mol. The van der Waals surface area contributed by atoms with Gasteiger partial charge >= 0.3 is 0 Å². The van der Waals surface area contributed by atoms with E-state index in [1.807, 2.05) is 19.9 Å². The lowest BCUT2D eigenvalue weighted by Gasteiger charge is -2.25. The molecule has 6 heteroatoms. The third kappa shape index (κ3) is 3.16. The van der Waals surface area contributed by atoms with Crippen molar-refractivity contribution in [2.45, 2.75) is 39.2 Å². The normalized spacial score (nSPS) is 21.9. The van der Waals surface area contributed by atoms with Crippen molar-refractivity contribution in [3.8, 4) is 0 Å². The fraction of sp³-hybridized carbons (Fsp3) is 0.600. The van der Waals surface area contributed by atoms with Crippen molar-refractivity contribution in [3.05, 3.63) is 23.4 Å². The van der Waals surface area contributed by atoms with Gasteiger partial charge in [-0.1, -0.05) is 20.8 Å². The maximum absolute atomic E-state index is 12.7. The number of aliphatic hydroxyl groups is 1. The van der Waals surface area contributed by atoms with Gasteiger partial charge in [0.1, 0.15) is 5.82 Å². The first kappa shape index (κ1) is 15.7. The first-order valence-electron chi connectivity index (χ1n) is 7.38. The zero-order chi connectivity index (χ0) is 15.6. The fourth-order valence-electron chi connectivity index (χ4n) is 2.75. The first-order valence-corrected chi connectivity index (χ1v) is 7.38. The molecule has 2 atom stereocenters. The number of aromatic nitrogens is 1. The van der Waals surface area contributed by atoms with Gasteiger partial charge in [-0.3, -0.25) is 4.79 Å². The number of carbonyl (C=O) groups is 1. The Balaban J connectivity index is 2.32. The molecule has 0 radical (unpaired) electrons. The van der Waals surface area contributed by atoms with Crippen molar-refractivity contribution in [2.75, 3.05) is 18.6 Å². The van der Waals surface area contributed by atoms with Gasteiger partial charge in [-0.25, -0.2) is 10.8 Å². The van der Waals surface area contributed by atoms with Gasteiger partial charge < -0.3 is 15.4 Å². The molecule has 1 fully saturated rings. The molecular weight excluding hydrogens is 268 g/mol. The Morgan fingerprint density at radius 1 is 1.57 bits per heavy atom. The van der Waals surface area contributed by atoms with Gasteiger partial charge in [-0.15, -0.1) is 0 Å². The van der Waals surface area contributed by atoms with Crippen LogP contribution >= 0.6 is 0 Å². The standard InChI is InChI=1S/C15H24N4O2/c1-9(2)12-6-11(7-14(17-12)18-16)15(21)19-5-4-10(3)13(19)8-20/h6-7,9-10,13,20H,4-5,8,16H2,1-3H3,(H,17,18). The van der Waals surface area contributed by atoms with Crippen LogP contribution in [0.2, 0.25) is 0 Å². The number of aliphatic hydroxyl groups excluding tert-OH is 1. The lowest BCUT2D eigenvalue weighted by Crippen LogP contribution is -2.40. The predicted molar refractivity (Wildman–Crippen MR) is 81.8 cm³/mol. The summed E-state index contributed by atoms with van der Waals surface area (Å²) < 4.78 is 0. The summed E-state index contributed by atoms with van der Waals surface area (Å²) in [5.74, 6) is 6.37. The van der Waals surface area contributed by atoms with E-state index in [1.165, 1.54) is 0 Å². The fourth-order valence-corrected chi connectivity index (χ4v) is 2.75. The topological polar surface area (TPSA) is 91.5 Å². The number of carbonyl (C=O) groups excluding carboxylic acids is 1. The van der Waals surface area contributed by atoms with Crippen LogP contribution in [0.25, 0.3) is 0 Å². The van der Waals surface area contributed by atoms with Gasteiger partial charge in [0.15, 0.2) is 0 Å². The quantitative estimate of drug-likeness (QED) is 0.575. The predicted octanol–water partition coefficient (Wildman–Crippen LogP) is 1.33. The van der Waals surface area contributed by atoms with E-state index in [0.717, 1.165) is 12.1 Å². The largest absolute Gasteiger partial charge is 0.394 e. The van der Waals surface area contributed by atoms with Crippen LogP contribution in [0.4, 0.5) is 5.82 Å². The number of hydrogen-bond acceptors (Lipinski definition) is 5. The van der Waals surface area contributed by atoms with Crippen molar-refractivity contribution in [1.29, 1.82) is 0 Å². The van der Waals surface area contributed by atoms with Crippen molar-refractivity contribution in [2.24, 2.45) is 11.8 Å². The second-order valence-corrected chi connectivity index (χ2v) is 5.98. The third-order valence-corrected chi connectivity index (χ3v) is 4.16. The lowest BCUT2D eigenvalue weighted by atomic mass is 10.0. The minimum Gasteiger partial charge on any atom is -0.394 e. The van der Waals surface area contributed by atoms with Crippen molar-refractivity contribution < 1.29 is 9.90 Å². The molecule has 1 aromatic heterocycles. The maximum atomic E-state index is 12.7. The molecule has 1 aliphatic heterocycles. The van der Waals surface area contributed by atoms with Crippen LogP contribution in [0.5, 0.6) is 0 Å².